The van der Waals surface area contributed by atoms with E-state index in [0.717, 1.165) is 23.7 Å². The third-order valence-electron chi connectivity index (χ3n) is 1.99. The number of benzene rings is 1. The Morgan fingerprint density at radius 2 is 2.06 bits per heavy atom. The van der Waals surface area contributed by atoms with Crippen LogP contribution in [0.5, 0.6) is 0 Å². The van der Waals surface area contributed by atoms with Gasteiger partial charge in [0, 0.05) is 19.7 Å². The first kappa shape index (κ1) is 12.6. The van der Waals surface area contributed by atoms with E-state index < -0.39 is 11.6 Å². The van der Waals surface area contributed by atoms with Gasteiger partial charge in [0.2, 0.25) is 0 Å². The molecular formula is C11H10F2N4S. The molecule has 0 unspecified atom stereocenters. The second kappa shape index (κ2) is 5.18. The van der Waals surface area contributed by atoms with Crippen molar-refractivity contribution >= 4 is 23.8 Å². The number of aliphatic imine (C=N–C) groups is 1. The maximum absolute atomic E-state index is 13.1. The van der Waals surface area contributed by atoms with Crippen molar-refractivity contribution in [2.24, 2.45) is 4.99 Å². The van der Waals surface area contributed by atoms with Gasteiger partial charge in [0.25, 0.3) is 5.95 Å². The SMILES string of the molecule is CN(C)C=Nc1nsc(-c2ccc(F)c(F)c2)n1. The van der Waals surface area contributed by atoms with Crippen LogP contribution in [0.1, 0.15) is 0 Å². The summed E-state index contributed by atoms with van der Waals surface area (Å²) in [5, 5.41) is 0.500. The standard InChI is InChI=1S/C11H10F2N4S/c1-17(2)6-14-11-15-10(18-16-11)7-3-4-8(12)9(13)5-7/h3-6H,1-2H3. The highest BCUT2D eigenvalue weighted by Crippen LogP contribution is 2.25. The Hall–Kier alpha value is -1.89. The predicted molar refractivity (Wildman–Crippen MR) is 67.1 cm³/mol. The molecule has 0 aliphatic rings. The number of aromatic nitrogens is 2. The fourth-order valence-corrected chi connectivity index (χ4v) is 1.79. The van der Waals surface area contributed by atoms with Crippen molar-refractivity contribution in [1.82, 2.24) is 14.3 Å². The second-order valence-corrected chi connectivity index (χ2v) is 4.49. The Morgan fingerprint density at radius 1 is 1.28 bits per heavy atom. The van der Waals surface area contributed by atoms with Gasteiger partial charge in [-0.25, -0.2) is 13.8 Å². The molecule has 2 aromatic rings. The summed E-state index contributed by atoms with van der Waals surface area (Å²) in [4.78, 5) is 9.88. The average molecular weight is 268 g/mol. The largest absolute Gasteiger partial charge is 0.369 e. The first-order valence-corrected chi connectivity index (χ1v) is 5.83. The minimum atomic E-state index is -0.902. The van der Waals surface area contributed by atoms with Gasteiger partial charge < -0.3 is 4.90 Å². The van der Waals surface area contributed by atoms with Gasteiger partial charge in [0.05, 0.1) is 6.34 Å². The molecule has 0 N–H and O–H groups in total. The van der Waals surface area contributed by atoms with Crippen molar-refractivity contribution in [1.29, 1.82) is 0 Å². The minimum Gasteiger partial charge on any atom is -0.369 e. The first-order valence-electron chi connectivity index (χ1n) is 5.06. The van der Waals surface area contributed by atoms with Gasteiger partial charge in [-0.15, -0.1) is 0 Å². The topological polar surface area (TPSA) is 41.4 Å². The molecule has 1 aromatic heterocycles. The van der Waals surface area contributed by atoms with Crippen molar-refractivity contribution in [3.63, 3.8) is 0 Å². The summed E-state index contributed by atoms with van der Waals surface area (Å²) in [6.07, 6.45) is 1.57. The molecule has 4 nitrogen and oxygen atoms in total. The highest BCUT2D eigenvalue weighted by molar-refractivity contribution is 7.09. The third-order valence-corrected chi connectivity index (χ3v) is 2.74. The second-order valence-electron chi connectivity index (χ2n) is 3.74. The van der Waals surface area contributed by atoms with E-state index in [4.69, 9.17) is 0 Å². The zero-order valence-electron chi connectivity index (χ0n) is 9.76. The lowest BCUT2D eigenvalue weighted by Crippen LogP contribution is -2.07. The zero-order valence-corrected chi connectivity index (χ0v) is 10.6. The van der Waals surface area contributed by atoms with Crippen LogP contribution in [0.25, 0.3) is 10.6 Å². The summed E-state index contributed by atoms with van der Waals surface area (Å²) < 4.78 is 29.9. The molecule has 94 valence electrons. The van der Waals surface area contributed by atoms with Crippen LogP contribution in [-0.2, 0) is 0 Å². The molecule has 0 aliphatic heterocycles. The van der Waals surface area contributed by atoms with E-state index in [0.29, 0.717) is 16.5 Å². The molecule has 18 heavy (non-hydrogen) atoms. The van der Waals surface area contributed by atoms with Gasteiger partial charge >= 0.3 is 0 Å². The smallest absolute Gasteiger partial charge is 0.263 e. The predicted octanol–water partition coefficient (Wildman–Crippen LogP) is 2.70. The van der Waals surface area contributed by atoms with Crippen LogP contribution in [0, 0.1) is 11.6 Å². The Bertz CT molecular complexity index is 580. The van der Waals surface area contributed by atoms with Gasteiger partial charge in [0.1, 0.15) is 5.01 Å². The van der Waals surface area contributed by atoms with Crippen molar-refractivity contribution in [2.45, 2.75) is 0 Å². The summed E-state index contributed by atoms with van der Waals surface area (Å²) >= 11 is 1.09. The molecule has 0 amide bonds. The molecule has 1 aromatic carbocycles. The van der Waals surface area contributed by atoms with Gasteiger partial charge in [-0.1, -0.05) is 0 Å². The lowest BCUT2D eigenvalue weighted by atomic mass is 10.2. The summed E-state index contributed by atoms with van der Waals surface area (Å²) in [6, 6.07) is 3.61. The number of halogens is 2. The quantitative estimate of drug-likeness (QED) is 0.635. The molecule has 0 atom stereocenters. The van der Waals surface area contributed by atoms with Gasteiger partial charge in [-0.2, -0.15) is 9.36 Å². The molecule has 0 aliphatic carbocycles. The van der Waals surface area contributed by atoms with Crippen LogP contribution < -0.4 is 0 Å². The monoisotopic (exact) mass is 268 g/mol. The Morgan fingerprint density at radius 3 is 2.72 bits per heavy atom. The fourth-order valence-electron chi connectivity index (χ4n) is 1.18. The molecule has 0 saturated heterocycles. The lowest BCUT2D eigenvalue weighted by molar-refractivity contribution is 0.509. The van der Waals surface area contributed by atoms with Crippen LogP contribution in [0.3, 0.4) is 0 Å². The molecule has 0 radical (unpaired) electrons. The van der Waals surface area contributed by atoms with E-state index in [2.05, 4.69) is 14.3 Å². The normalized spacial score (nSPS) is 11.1. The Labute approximate surface area is 107 Å². The lowest BCUT2D eigenvalue weighted by Gasteiger charge is -1.99. The van der Waals surface area contributed by atoms with Gasteiger partial charge in [0.15, 0.2) is 11.6 Å². The number of hydrogen-bond donors (Lipinski definition) is 0. The molecule has 1 heterocycles. The number of nitrogens with zero attached hydrogens (tertiary/aromatic N) is 4. The maximum atomic E-state index is 13.1. The Kier molecular flexibility index (Phi) is 3.61. The molecule has 0 spiro atoms. The van der Waals surface area contributed by atoms with E-state index >= 15 is 0 Å². The van der Waals surface area contributed by atoms with Crippen LogP contribution in [0.15, 0.2) is 23.2 Å². The van der Waals surface area contributed by atoms with Gasteiger partial charge in [-0.3, -0.25) is 0 Å². The van der Waals surface area contributed by atoms with E-state index in [-0.39, 0.29) is 0 Å². The van der Waals surface area contributed by atoms with E-state index in [1.807, 2.05) is 14.1 Å². The van der Waals surface area contributed by atoms with Crippen LogP contribution in [0.4, 0.5) is 14.7 Å². The maximum Gasteiger partial charge on any atom is 0.263 e. The molecule has 2 rings (SSSR count). The third kappa shape index (κ3) is 2.86. The van der Waals surface area contributed by atoms with Crippen molar-refractivity contribution < 1.29 is 8.78 Å². The fraction of sp³-hybridized carbons (Fsp3) is 0.182. The molecule has 0 fully saturated rings. The van der Waals surface area contributed by atoms with Crippen LogP contribution in [-0.4, -0.2) is 34.7 Å². The Balaban J connectivity index is 2.26. The average Bonchev–Trinajstić information content (AvgIpc) is 2.79. The zero-order chi connectivity index (χ0) is 13.1. The van der Waals surface area contributed by atoms with Crippen molar-refractivity contribution in [3.8, 4) is 10.6 Å². The molecule has 0 saturated carbocycles. The summed E-state index contributed by atoms with van der Waals surface area (Å²) in [5.74, 6) is -1.48. The highest BCUT2D eigenvalue weighted by atomic mass is 32.1. The highest BCUT2D eigenvalue weighted by Gasteiger charge is 2.09. The summed E-state index contributed by atoms with van der Waals surface area (Å²) in [6.45, 7) is 0. The molecular weight excluding hydrogens is 258 g/mol. The van der Waals surface area contributed by atoms with Crippen LogP contribution >= 0.6 is 11.5 Å². The van der Waals surface area contributed by atoms with Crippen LogP contribution in [0.2, 0.25) is 0 Å². The summed E-state index contributed by atoms with van der Waals surface area (Å²) in [7, 11) is 3.65. The van der Waals surface area contributed by atoms with E-state index in [9.17, 15) is 8.78 Å². The van der Waals surface area contributed by atoms with Crippen molar-refractivity contribution in [2.75, 3.05) is 14.1 Å². The number of hydrogen-bond acceptors (Lipinski definition) is 4. The first-order chi connectivity index (χ1) is 8.56. The summed E-state index contributed by atoms with van der Waals surface area (Å²) in [5.41, 5.74) is 0.484. The van der Waals surface area contributed by atoms with E-state index in [1.165, 1.54) is 6.07 Å². The number of rotatable bonds is 3. The molecule has 0 bridgehead atoms. The van der Waals surface area contributed by atoms with Crippen molar-refractivity contribution in [3.05, 3.63) is 29.8 Å². The van der Waals surface area contributed by atoms with Gasteiger partial charge in [-0.05, 0) is 29.7 Å². The van der Waals surface area contributed by atoms with E-state index in [1.54, 1.807) is 11.2 Å². The minimum absolute atomic E-state index is 0.299. The molecule has 7 heteroatoms.